The van der Waals surface area contributed by atoms with Crippen LogP contribution in [0.5, 0.6) is 0 Å². The van der Waals surface area contributed by atoms with Gasteiger partial charge in [-0.3, -0.25) is 0 Å². The molecule has 92 valence electrons. The highest BCUT2D eigenvalue weighted by Gasteiger charge is 2.36. The molecule has 1 aromatic rings. The summed E-state index contributed by atoms with van der Waals surface area (Å²) in [4.78, 5) is 13.1. The highest BCUT2D eigenvalue weighted by atomic mass is 16.6. The van der Waals surface area contributed by atoms with Crippen LogP contribution in [0.3, 0.4) is 0 Å². The number of nitrogens with zero attached hydrogens (tertiary/aromatic N) is 2. The number of carbonyl (C=O) groups excluding carboxylic acids is 1. The number of methoxy groups -OCH3 is 1. The fraction of sp³-hybridized carbons (Fsp3) is 0.231. The van der Waals surface area contributed by atoms with Crippen LogP contribution in [0.15, 0.2) is 41.8 Å². The van der Waals surface area contributed by atoms with Crippen LogP contribution in [0.2, 0.25) is 0 Å². The monoisotopic (exact) mass is 244 g/mol. The number of carbonyl (C=O) groups is 1. The quantitative estimate of drug-likeness (QED) is 0.739. The van der Waals surface area contributed by atoms with Gasteiger partial charge in [-0.25, -0.2) is 4.79 Å². The molecule has 0 saturated heterocycles. The topological polar surface area (TPSA) is 62.6 Å². The highest BCUT2D eigenvalue weighted by molar-refractivity contribution is 5.88. The first-order chi connectivity index (χ1) is 8.69. The molecule has 5 heteroatoms. The Hall–Kier alpha value is -2.48. The normalized spacial score (nSPS) is 18.3. The van der Waals surface area contributed by atoms with Gasteiger partial charge in [0.1, 0.15) is 6.07 Å². The minimum atomic E-state index is -0.642. The summed E-state index contributed by atoms with van der Waals surface area (Å²) in [7, 11) is 2.95. The second-order valence-corrected chi connectivity index (χ2v) is 3.77. The Kier molecular flexibility index (Phi) is 3.20. The van der Waals surface area contributed by atoms with Gasteiger partial charge in [-0.15, -0.1) is 0 Å². The maximum absolute atomic E-state index is 11.5. The lowest BCUT2D eigenvalue weighted by atomic mass is 10.2. The summed E-state index contributed by atoms with van der Waals surface area (Å²) in [6, 6.07) is 11.3. The maximum atomic E-state index is 11.5. The third-order valence-corrected chi connectivity index (χ3v) is 2.71. The molecule has 0 aromatic heterocycles. The van der Waals surface area contributed by atoms with Gasteiger partial charge in [0.05, 0.1) is 7.11 Å². The molecule has 0 amide bonds. The van der Waals surface area contributed by atoms with Crippen LogP contribution < -0.4 is 0 Å². The van der Waals surface area contributed by atoms with Crippen LogP contribution in [-0.2, 0) is 14.3 Å². The standard InChI is InChI=1S/C13H12N2O3/c1-15-10(8-14)11(13(16)17-2)18-12(15)9-6-4-3-5-7-9/h3-7,12H,1-2H3. The molecule has 1 heterocycles. The van der Waals surface area contributed by atoms with E-state index in [1.54, 1.807) is 11.9 Å². The molecule has 0 bridgehead atoms. The number of esters is 1. The van der Waals surface area contributed by atoms with Crippen molar-refractivity contribution in [3.8, 4) is 6.07 Å². The van der Waals surface area contributed by atoms with E-state index in [1.165, 1.54) is 7.11 Å². The Morgan fingerprint density at radius 1 is 1.44 bits per heavy atom. The predicted molar refractivity (Wildman–Crippen MR) is 62.7 cm³/mol. The van der Waals surface area contributed by atoms with Gasteiger partial charge in [-0.2, -0.15) is 5.26 Å². The molecule has 0 spiro atoms. The van der Waals surface area contributed by atoms with E-state index >= 15 is 0 Å². The second-order valence-electron chi connectivity index (χ2n) is 3.77. The molecule has 2 rings (SSSR count). The molecule has 0 radical (unpaired) electrons. The van der Waals surface area contributed by atoms with Crippen molar-refractivity contribution in [2.75, 3.05) is 14.2 Å². The summed E-state index contributed by atoms with van der Waals surface area (Å²) in [5.74, 6) is -0.687. The van der Waals surface area contributed by atoms with E-state index in [2.05, 4.69) is 4.74 Å². The van der Waals surface area contributed by atoms with E-state index in [0.29, 0.717) is 0 Å². The van der Waals surface area contributed by atoms with E-state index in [-0.39, 0.29) is 11.5 Å². The number of rotatable bonds is 2. The zero-order valence-corrected chi connectivity index (χ0v) is 10.1. The Morgan fingerprint density at radius 2 is 2.11 bits per heavy atom. The van der Waals surface area contributed by atoms with E-state index < -0.39 is 12.2 Å². The maximum Gasteiger partial charge on any atom is 0.376 e. The summed E-state index contributed by atoms with van der Waals surface area (Å²) in [6.45, 7) is 0. The smallest absolute Gasteiger partial charge is 0.376 e. The second kappa shape index (κ2) is 4.80. The predicted octanol–water partition coefficient (Wildman–Crippen LogP) is 1.56. The molecular formula is C13H12N2O3. The Bertz CT molecular complexity index is 531. The van der Waals surface area contributed by atoms with Gasteiger partial charge in [0.15, 0.2) is 11.9 Å². The molecule has 5 nitrogen and oxygen atoms in total. The average Bonchev–Trinajstić information content (AvgIpc) is 2.75. The van der Waals surface area contributed by atoms with Crippen LogP contribution in [0, 0.1) is 11.3 Å². The summed E-state index contributed by atoms with van der Waals surface area (Å²) >= 11 is 0. The molecule has 0 fully saturated rings. The molecule has 18 heavy (non-hydrogen) atoms. The molecule has 0 aliphatic carbocycles. The molecule has 1 aliphatic rings. The van der Waals surface area contributed by atoms with Crippen molar-refractivity contribution in [2.24, 2.45) is 0 Å². The molecule has 0 saturated carbocycles. The van der Waals surface area contributed by atoms with Gasteiger partial charge in [0.2, 0.25) is 5.76 Å². The fourth-order valence-corrected chi connectivity index (χ4v) is 1.80. The molecule has 0 N–H and O–H groups in total. The van der Waals surface area contributed by atoms with Crippen molar-refractivity contribution in [3.63, 3.8) is 0 Å². The third kappa shape index (κ3) is 1.89. The van der Waals surface area contributed by atoms with Crippen LogP contribution in [0.25, 0.3) is 0 Å². The summed E-state index contributed by atoms with van der Waals surface area (Å²) in [5, 5.41) is 9.08. The first-order valence-electron chi connectivity index (χ1n) is 5.36. The lowest BCUT2D eigenvalue weighted by Gasteiger charge is -2.20. The first-order valence-corrected chi connectivity index (χ1v) is 5.36. The van der Waals surface area contributed by atoms with Crippen molar-refractivity contribution in [1.82, 2.24) is 4.90 Å². The minimum Gasteiger partial charge on any atom is -0.463 e. The highest BCUT2D eigenvalue weighted by Crippen LogP contribution is 2.34. The van der Waals surface area contributed by atoms with Crippen molar-refractivity contribution in [2.45, 2.75) is 6.23 Å². The Morgan fingerprint density at radius 3 is 2.67 bits per heavy atom. The Labute approximate surface area is 105 Å². The van der Waals surface area contributed by atoms with Crippen molar-refractivity contribution < 1.29 is 14.3 Å². The van der Waals surface area contributed by atoms with Crippen molar-refractivity contribution in [1.29, 1.82) is 5.26 Å². The molecule has 1 aromatic carbocycles. The Balaban J connectivity index is 2.33. The van der Waals surface area contributed by atoms with Gasteiger partial charge in [-0.05, 0) is 0 Å². The van der Waals surface area contributed by atoms with Crippen LogP contribution in [0.4, 0.5) is 0 Å². The van der Waals surface area contributed by atoms with Gasteiger partial charge in [-0.1, -0.05) is 30.3 Å². The zero-order valence-electron chi connectivity index (χ0n) is 10.1. The van der Waals surface area contributed by atoms with Gasteiger partial charge in [0, 0.05) is 12.6 Å². The minimum absolute atomic E-state index is 0.0450. The lowest BCUT2D eigenvalue weighted by Crippen LogP contribution is -2.18. The third-order valence-electron chi connectivity index (χ3n) is 2.71. The van der Waals surface area contributed by atoms with E-state index in [1.807, 2.05) is 36.4 Å². The number of hydrogen-bond acceptors (Lipinski definition) is 5. The number of ether oxygens (including phenoxy) is 2. The van der Waals surface area contributed by atoms with Crippen LogP contribution in [-0.4, -0.2) is 25.0 Å². The number of hydrogen-bond donors (Lipinski definition) is 0. The van der Waals surface area contributed by atoms with Crippen LogP contribution >= 0.6 is 0 Å². The lowest BCUT2D eigenvalue weighted by molar-refractivity contribution is -0.141. The number of nitriles is 1. The van der Waals surface area contributed by atoms with Crippen molar-refractivity contribution in [3.05, 3.63) is 47.4 Å². The van der Waals surface area contributed by atoms with Gasteiger partial charge in [0.25, 0.3) is 0 Å². The zero-order chi connectivity index (χ0) is 13.1. The SMILES string of the molecule is COC(=O)C1=C(C#N)N(C)C(c2ccccc2)O1. The van der Waals surface area contributed by atoms with Crippen molar-refractivity contribution >= 4 is 5.97 Å². The fourth-order valence-electron chi connectivity index (χ4n) is 1.80. The summed E-state index contributed by atoms with van der Waals surface area (Å²) in [5.41, 5.74) is 1.04. The molecule has 1 atom stereocenters. The van der Waals surface area contributed by atoms with E-state index in [0.717, 1.165) is 5.56 Å². The van der Waals surface area contributed by atoms with Gasteiger partial charge >= 0.3 is 5.97 Å². The molecule has 1 unspecified atom stereocenters. The summed E-state index contributed by atoms with van der Waals surface area (Å²) in [6.07, 6.45) is -0.477. The number of benzene rings is 1. The average molecular weight is 244 g/mol. The van der Waals surface area contributed by atoms with E-state index in [4.69, 9.17) is 10.00 Å². The summed E-state index contributed by atoms with van der Waals surface area (Å²) < 4.78 is 10.1. The van der Waals surface area contributed by atoms with E-state index in [9.17, 15) is 4.79 Å². The molecular weight excluding hydrogens is 232 g/mol. The van der Waals surface area contributed by atoms with Gasteiger partial charge < -0.3 is 14.4 Å². The number of allylic oxidation sites excluding steroid dienone is 1. The van der Waals surface area contributed by atoms with Crippen LogP contribution in [0.1, 0.15) is 11.8 Å². The molecule has 1 aliphatic heterocycles. The largest absolute Gasteiger partial charge is 0.463 e. The first kappa shape index (κ1) is 12.0.